The van der Waals surface area contributed by atoms with E-state index in [1.807, 2.05) is 30.3 Å². The second-order valence-corrected chi connectivity index (χ2v) is 3.96. The topological polar surface area (TPSA) is 87.4 Å². The van der Waals surface area contributed by atoms with E-state index in [4.69, 9.17) is 5.11 Å². The molecule has 2 heterocycles. The van der Waals surface area contributed by atoms with Gasteiger partial charge in [0.1, 0.15) is 5.52 Å². The minimum atomic E-state index is -1.18. The van der Waals surface area contributed by atoms with E-state index in [9.17, 15) is 9.90 Å². The Morgan fingerprint density at radius 2 is 1.95 bits per heavy atom. The van der Waals surface area contributed by atoms with Crippen LogP contribution in [0.5, 0.6) is 5.88 Å². The lowest BCUT2D eigenvalue weighted by Crippen LogP contribution is -1.98. The van der Waals surface area contributed by atoms with E-state index >= 15 is 0 Å². The van der Waals surface area contributed by atoms with Crippen LogP contribution in [-0.4, -0.2) is 25.7 Å². The van der Waals surface area contributed by atoms with Gasteiger partial charge in [-0.25, -0.2) is 14.3 Å². The maximum Gasteiger partial charge on any atom is 0.356 e. The monoisotopic (exact) mass is 254 g/mol. The van der Waals surface area contributed by atoms with Gasteiger partial charge < -0.3 is 5.11 Å². The molecule has 0 spiro atoms. The van der Waals surface area contributed by atoms with Gasteiger partial charge in [-0.15, -0.1) is 0 Å². The SMILES string of the molecule is [O]c1nc(-c2ccccc2)cn2nc(C(=O)O)cc12. The van der Waals surface area contributed by atoms with E-state index in [0.29, 0.717) is 5.69 Å². The largest absolute Gasteiger partial charge is 0.476 e. The lowest BCUT2D eigenvalue weighted by molar-refractivity contribution is 0.0690. The fourth-order valence-corrected chi connectivity index (χ4v) is 1.82. The standard InChI is InChI=1S/C13H8N3O3/c17-12-11-6-9(13(18)19)15-16(11)7-10(14-12)8-4-2-1-3-5-8/h1-7H,(H,18,19). The Labute approximate surface area is 107 Å². The zero-order chi connectivity index (χ0) is 13.4. The average Bonchev–Trinajstić information content (AvgIpc) is 2.84. The van der Waals surface area contributed by atoms with Crippen molar-refractivity contribution in [1.29, 1.82) is 0 Å². The molecule has 6 nitrogen and oxygen atoms in total. The molecule has 0 aliphatic heterocycles. The Morgan fingerprint density at radius 1 is 1.21 bits per heavy atom. The quantitative estimate of drug-likeness (QED) is 0.759. The van der Waals surface area contributed by atoms with Crippen molar-refractivity contribution in [3.05, 3.63) is 48.3 Å². The van der Waals surface area contributed by atoms with Gasteiger partial charge in [-0.1, -0.05) is 30.3 Å². The smallest absolute Gasteiger partial charge is 0.356 e. The molecule has 0 saturated carbocycles. The lowest BCUT2D eigenvalue weighted by Gasteiger charge is -2.01. The number of rotatable bonds is 2. The number of aromatic nitrogens is 3. The maximum absolute atomic E-state index is 11.8. The third kappa shape index (κ3) is 1.89. The summed E-state index contributed by atoms with van der Waals surface area (Å²) in [6, 6.07) is 10.4. The van der Waals surface area contributed by atoms with Gasteiger partial charge in [0.15, 0.2) is 5.69 Å². The second kappa shape index (κ2) is 4.09. The normalized spacial score (nSPS) is 10.7. The molecule has 1 aromatic carbocycles. The molecule has 0 fully saturated rings. The van der Waals surface area contributed by atoms with Gasteiger partial charge in [-0.2, -0.15) is 5.10 Å². The van der Waals surface area contributed by atoms with Crippen LogP contribution in [0.15, 0.2) is 42.6 Å². The van der Waals surface area contributed by atoms with Crippen molar-refractivity contribution < 1.29 is 15.0 Å². The maximum atomic E-state index is 11.8. The summed E-state index contributed by atoms with van der Waals surface area (Å²) in [5, 5.41) is 24.5. The van der Waals surface area contributed by atoms with Crippen LogP contribution < -0.4 is 0 Å². The van der Waals surface area contributed by atoms with Crippen molar-refractivity contribution in [1.82, 2.24) is 14.6 Å². The zero-order valence-electron chi connectivity index (χ0n) is 9.65. The predicted molar refractivity (Wildman–Crippen MR) is 65.5 cm³/mol. The molecule has 1 N–H and O–H groups in total. The van der Waals surface area contributed by atoms with Crippen LogP contribution in [0.1, 0.15) is 10.5 Å². The van der Waals surface area contributed by atoms with Gasteiger partial charge in [0.05, 0.1) is 11.9 Å². The molecule has 0 amide bonds. The Morgan fingerprint density at radius 3 is 2.63 bits per heavy atom. The van der Waals surface area contributed by atoms with E-state index in [1.165, 1.54) is 10.6 Å². The molecule has 3 aromatic rings. The molecular weight excluding hydrogens is 246 g/mol. The molecule has 93 valence electrons. The molecule has 0 saturated heterocycles. The molecule has 3 rings (SSSR count). The molecule has 6 heteroatoms. The van der Waals surface area contributed by atoms with Gasteiger partial charge in [0.25, 0.3) is 5.88 Å². The van der Waals surface area contributed by atoms with Crippen molar-refractivity contribution in [2.45, 2.75) is 0 Å². The van der Waals surface area contributed by atoms with Crippen molar-refractivity contribution >= 4 is 11.5 Å². The number of hydrogen-bond donors (Lipinski definition) is 1. The number of nitrogens with zero attached hydrogens (tertiary/aromatic N) is 3. The number of carboxylic acid groups (broad SMARTS) is 1. The van der Waals surface area contributed by atoms with E-state index in [2.05, 4.69) is 10.1 Å². The fraction of sp³-hybridized carbons (Fsp3) is 0. The van der Waals surface area contributed by atoms with Gasteiger partial charge in [-0.3, -0.25) is 5.11 Å². The first-order valence-electron chi connectivity index (χ1n) is 5.51. The minimum absolute atomic E-state index is 0.150. The van der Waals surface area contributed by atoms with Crippen LogP contribution in [0.25, 0.3) is 16.8 Å². The van der Waals surface area contributed by atoms with Gasteiger partial charge in [0, 0.05) is 11.6 Å². The zero-order valence-corrected chi connectivity index (χ0v) is 9.65. The summed E-state index contributed by atoms with van der Waals surface area (Å²) in [6.45, 7) is 0. The minimum Gasteiger partial charge on any atom is -0.476 e. The van der Waals surface area contributed by atoms with Crippen molar-refractivity contribution in [2.75, 3.05) is 0 Å². The summed E-state index contributed by atoms with van der Waals surface area (Å²) >= 11 is 0. The van der Waals surface area contributed by atoms with Crippen LogP contribution in [0.3, 0.4) is 0 Å². The third-order valence-corrected chi connectivity index (χ3v) is 2.71. The third-order valence-electron chi connectivity index (χ3n) is 2.71. The highest BCUT2D eigenvalue weighted by Crippen LogP contribution is 2.23. The van der Waals surface area contributed by atoms with E-state index in [0.717, 1.165) is 5.56 Å². The summed E-state index contributed by atoms with van der Waals surface area (Å²) in [5.74, 6) is -1.68. The number of aromatic carboxylic acids is 1. The lowest BCUT2D eigenvalue weighted by atomic mass is 10.2. The highest BCUT2D eigenvalue weighted by atomic mass is 16.4. The highest BCUT2D eigenvalue weighted by molar-refractivity contribution is 5.87. The Bertz CT molecular complexity index is 765. The van der Waals surface area contributed by atoms with Crippen molar-refractivity contribution in [2.24, 2.45) is 0 Å². The number of hydrogen-bond acceptors (Lipinski definition) is 3. The first-order chi connectivity index (χ1) is 9.15. The van der Waals surface area contributed by atoms with E-state index in [1.54, 1.807) is 6.20 Å². The molecule has 0 bridgehead atoms. The molecule has 1 radical (unpaired) electrons. The molecule has 0 atom stereocenters. The summed E-state index contributed by atoms with van der Waals surface area (Å²) in [5.41, 5.74) is 1.20. The molecular formula is C13H8N3O3. The van der Waals surface area contributed by atoms with Crippen LogP contribution in [0.4, 0.5) is 0 Å². The molecule has 0 aliphatic carbocycles. The molecule has 2 aromatic heterocycles. The van der Waals surface area contributed by atoms with E-state index < -0.39 is 11.8 Å². The van der Waals surface area contributed by atoms with Gasteiger partial charge in [-0.05, 0) is 0 Å². The average molecular weight is 254 g/mol. The van der Waals surface area contributed by atoms with Crippen molar-refractivity contribution in [3.8, 4) is 17.1 Å². The number of carboxylic acids is 1. The fourth-order valence-electron chi connectivity index (χ4n) is 1.82. The Balaban J connectivity index is 2.22. The summed E-state index contributed by atoms with van der Waals surface area (Å²) in [6.07, 6.45) is 1.54. The second-order valence-electron chi connectivity index (χ2n) is 3.96. The molecule has 0 unspecified atom stereocenters. The molecule has 0 aliphatic rings. The van der Waals surface area contributed by atoms with Crippen LogP contribution in [-0.2, 0) is 5.11 Å². The van der Waals surface area contributed by atoms with E-state index in [-0.39, 0.29) is 11.2 Å². The van der Waals surface area contributed by atoms with Gasteiger partial charge >= 0.3 is 5.97 Å². The predicted octanol–water partition coefficient (Wildman–Crippen LogP) is 2.24. The summed E-state index contributed by atoms with van der Waals surface area (Å²) in [4.78, 5) is 14.8. The van der Waals surface area contributed by atoms with Crippen LogP contribution in [0, 0.1) is 0 Å². The highest BCUT2D eigenvalue weighted by Gasteiger charge is 2.14. The number of benzene rings is 1. The number of fused-ring (bicyclic) bond motifs is 1. The Hall–Kier alpha value is -2.89. The molecule has 19 heavy (non-hydrogen) atoms. The summed E-state index contributed by atoms with van der Waals surface area (Å²) < 4.78 is 1.25. The summed E-state index contributed by atoms with van der Waals surface area (Å²) in [7, 11) is 0. The van der Waals surface area contributed by atoms with Crippen LogP contribution in [0.2, 0.25) is 0 Å². The first kappa shape index (κ1) is 11.2. The Kier molecular flexibility index (Phi) is 2.42. The van der Waals surface area contributed by atoms with Gasteiger partial charge in [0.2, 0.25) is 0 Å². The van der Waals surface area contributed by atoms with Crippen molar-refractivity contribution in [3.63, 3.8) is 0 Å². The first-order valence-corrected chi connectivity index (χ1v) is 5.51. The van der Waals surface area contributed by atoms with Crippen LogP contribution >= 0.6 is 0 Å². The number of carbonyl (C=O) groups is 1.